The Bertz CT molecular complexity index is 3770. The summed E-state index contributed by atoms with van der Waals surface area (Å²) in [6.07, 6.45) is 2.05. The number of fused-ring (bicyclic) bond motifs is 2. The Hall–Kier alpha value is -7.56. The Morgan fingerprint density at radius 2 is 1.05 bits per heavy atom. The van der Waals surface area contributed by atoms with Crippen LogP contribution in [-0.2, 0) is 21.7 Å². The molecule has 10 rings (SSSR count). The quantitative estimate of drug-likeness (QED) is 0.173. The van der Waals surface area contributed by atoms with E-state index in [2.05, 4.69) is 266 Å². The van der Waals surface area contributed by atoms with Gasteiger partial charge in [0.2, 0.25) is 0 Å². The minimum Gasteiger partial charge on any atom is -0.507 e. The third-order valence-corrected chi connectivity index (χ3v) is 15.2. The number of hydrogen-bond acceptors (Lipinski definition) is 3. The zero-order chi connectivity index (χ0) is 53.5. The van der Waals surface area contributed by atoms with Crippen LogP contribution >= 0.6 is 0 Å². The second-order valence-corrected chi connectivity index (χ2v) is 25.2. The van der Waals surface area contributed by atoms with Crippen LogP contribution in [0.3, 0.4) is 0 Å². The molecule has 0 bridgehead atoms. The van der Waals surface area contributed by atoms with Crippen molar-refractivity contribution < 1.29 is 5.11 Å². The van der Waals surface area contributed by atoms with Crippen molar-refractivity contribution in [1.82, 2.24) is 14.5 Å². The maximum Gasteiger partial charge on any atom is 0.149 e. The first-order valence-electron chi connectivity index (χ1n) is 26.7. The van der Waals surface area contributed by atoms with Gasteiger partial charge in [-0.05, 0) is 140 Å². The lowest BCUT2D eigenvalue weighted by Crippen LogP contribution is -2.17. The molecule has 0 fully saturated rings. The van der Waals surface area contributed by atoms with Gasteiger partial charge in [0.05, 0.1) is 28.0 Å². The molecule has 378 valence electrons. The molecule has 0 unspecified atom stereocenters. The maximum atomic E-state index is 12.8. The Morgan fingerprint density at radius 1 is 0.440 bits per heavy atom. The van der Waals surface area contributed by atoms with E-state index in [4.69, 9.17) is 9.97 Å². The zero-order valence-corrected chi connectivity index (χ0v) is 46.9. The Balaban J connectivity index is 1.27. The van der Waals surface area contributed by atoms with E-state index in [1.165, 1.54) is 38.9 Å². The molecule has 0 aliphatic carbocycles. The molecule has 0 spiro atoms. The van der Waals surface area contributed by atoms with Crippen molar-refractivity contribution in [2.75, 3.05) is 0 Å². The molecule has 4 nitrogen and oxygen atoms in total. The first-order valence-corrected chi connectivity index (χ1v) is 26.7. The van der Waals surface area contributed by atoms with Gasteiger partial charge in [0.15, 0.2) is 0 Å². The predicted molar refractivity (Wildman–Crippen MR) is 320 cm³/mol. The van der Waals surface area contributed by atoms with Crippen LogP contribution in [0.4, 0.5) is 0 Å². The number of aryl methyl sites for hydroxylation is 3. The van der Waals surface area contributed by atoms with Gasteiger partial charge in [0.25, 0.3) is 0 Å². The van der Waals surface area contributed by atoms with Crippen LogP contribution < -0.4 is 0 Å². The van der Waals surface area contributed by atoms with E-state index in [1.54, 1.807) is 0 Å². The van der Waals surface area contributed by atoms with Gasteiger partial charge in [0.1, 0.15) is 11.6 Å². The van der Waals surface area contributed by atoms with Crippen molar-refractivity contribution in [2.45, 2.75) is 126 Å². The fourth-order valence-corrected chi connectivity index (χ4v) is 11.0. The molecule has 0 aliphatic heterocycles. The topological polar surface area (TPSA) is 50.9 Å². The highest BCUT2D eigenvalue weighted by Gasteiger charge is 2.30. The number of hydrogen-bond donors (Lipinski definition) is 1. The molecule has 4 heteroatoms. The number of pyridine rings is 1. The number of phenols is 1. The smallest absolute Gasteiger partial charge is 0.149 e. The highest BCUT2D eigenvalue weighted by Crippen LogP contribution is 2.47. The minimum atomic E-state index is -0.349. The molecular weight excluding hydrogens is 911 g/mol. The molecular formula is C71H73N3O. The fourth-order valence-electron chi connectivity index (χ4n) is 11.0. The lowest BCUT2D eigenvalue weighted by atomic mass is 9.79. The summed E-state index contributed by atoms with van der Waals surface area (Å²) < 4.78 is 2.33. The largest absolute Gasteiger partial charge is 0.507 e. The van der Waals surface area contributed by atoms with E-state index < -0.39 is 0 Å². The first-order chi connectivity index (χ1) is 35.3. The van der Waals surface area contributed by atoms with E-state index in [-0.39, 0.29) is 27.4 Å². The van der Waals surface area contributed by atoms with Crippen molar-refractivity contribution in [1.29, 1.82) is 0 Å². The minimum absolute atomic E-state index is 0.00278. The lowest BCUT2D eigenvalue weighted by molar-refractivity contribution is 0.446. The van der Waals surface area contributed by atoms with Gasteiger partial charge in [-0.2, -0.15) is 0 Å². The second kappa shape index (κ2) is 18.7. The maximum absolute atomic E-state index is 12.8. The lowest BCUT2D eigenvalue weighted by Gasteiger charge is -2.28. The summed E-state index contributed by atoms with van der Waals surface area (Å²) in [5.74, 6) is 0.933. The highest BCUT2D eigenvalue weighted by molar-refractivity contribution is 6.03. The van der Waals surface area contributed by atoms with Crippen LogP contribution in [0.2, 0.25) is 0 Å². The molecule has 0 saturated carbocycles. The summed E-state index contributed by atoms with van der Waals surface area (Å²) >= 11 is 0. The third kappa shape index (κ3) is 9.72. The number of rotatable bonds is 7. The Labute approximate surface area is 446 Å². The van der Waals surface area contributed by atoms with E-state index >= 15 is 0 Å². The van der Waals surface area contributed by atoms with Crippen LogP contribution in [0.1, 0.15) is 122 Å². The summed E-state index contributed by atoms with van der Waals surface area (Å²) in [6, 6.07) is 57.6. The third-order valence-electron chi connectivity index (χ3n) is 15.2. The molecule has 8 aromatic carbocycles. The molecule has 0 saturated heterocycles. The average molecular weight is 984 g/mol. The second-order valence-electron chi connectivity index (χ2n) is 25.2. The number of imidazole rings is 1. The van der Waals surface area contributed by atoms with E-state index in [1.807, 2.05) is 6.20 Å². The van der Waals surface area contributed by atoms with Crippen molar-refractivity contribution in [3.63, 3.8) is 0 Å². The van der Waals surface area contributed by atoms with E-state index in [0.717, 1.165) is 83.3 Å². The van der Waals surface area contributed by atoms with Crippen LogP contribution in [0.5, 0.6) is 5.75 Å². The number of phenolic OH excluding ortho intramolecular Hbond substituents is 1. The predicted octanol–water partition coefficient (Wildman–Crippen LogP) is 19.4. The van der Waals surface area contributed by atoms with Gasteiger partial charge >= 0.3 is 0 Å². The summed E-state index contributed by atoms with van der Waals surface area (Å²) in [6.45, 7) is 33.6. The molecule has 10 aromatic rings. The van der Waals surface area contributed by atoms with Gasteiger partial charge in [-0.25, -0.2) is 4.98 Å². The Kier molecular flexibility index (Phi) is 12.7. The summed E-state index contributed by atoms with van der Waals surface area (Å²) in [5.41, 5.74) is 22.0. The fraction of sp³-hybridized carbons (Fsp3) is 0.268. The van der Waals surface area contributed by atoms with Crippen molar-refractivity contribution >= 4 is 21.8 Å². The highest BCUT2D eigenvalue weighted by atomic mass is 16.3. The first kappa shape index (κ1) is 50.9. The molecule has 0 atom stereocenters. The zero-order valence-electron chi connectivity index (χ0n) is 46.9. The molecule has 2 aromatic heterocycles. The van der Waals surface area contributed by atoms with Crippen LogP contribution in [0.25, 0.3) is 94.6 Å². The number of aromatic nitrogens is 3. The van der Waals surface area contributed by atoms with Gasteiger partial charge in [-0.15, -0.1) is 0 Å². The van der Waals surface area contributed by atoms with Crippen molar-refractivity contribution in [2.24, 2.45) is 0 Å². The molecule has 0 aliphatic rings. The van der Waals surface area contributed by atoms with Crippen molar-refractivity contribution in [3.05, 3.63) is 203 Å². The number of para-hydroxylation sites is 1. The molecule has 1 N–H and O–H groups in total. The number of nitrogens with zero attached hydrogens (tertiary/aromatic N) is 3. The van der Waals surface area contributed by atoms with E-state index in [0.29, 0.717) is 11.4 Å². The van der Waals surface area contributed by atoms with Crippen molar-refractivity contribution in [3.8, 4) is 78.6 Å². The number of aromatic hydroxyl groups is 1. The normalized spacial score (nSPS) is 12.5. The molecule has 2 heterocycles. The molecule has 75 heavy (non-hydrogen) atoms. The van der Waals surface area contributed by atoms with Crippen LogP contribution in [0.15, 0.2) is 164 Å². The van der Waals surface area contributed by atoms with Crippen LogP contribution in [0, 0.1) is 20.8 Å². The van der Waals surface area contributed by atoms with Gasteiger partial charge in [-0.3, -0.25) is 9.55 Å². The van der Waals surface area contributed by atoms with E-state index in [9.17, 15) is 5.11 Å². The number of benzene rings is 8. The van der Waals surface area contributed by atoms with Gasteiger partial charge < -0.3 is 5.11 Å². The summed E-state index contributed by atoms with van der Waals surface area (Å²) in [5, 5.41) is 15.0. The summed E-state index contributed by atoms with van der Waals surface area (Å²) in [7, 11) is 0. The summed E-state index contributed by atoms with van der Waals surface area (Å²) in [4.78, 5) is 11.1. The monoisotopic (exact) mass is 984 g/mol. The van der Waals surface area contributed by atoms with Gasteiger partial charge in [0, 0.05) is 39.4 Å². The van der Waals surface area contributed by atoms with Gasteiger partial charge in [-0.1, -0.05) is 210 Å². The SMILES string of the molecule is Cc1cc(C)c(-c2cc(-c3ccc(-c4cc(C(C)(C)C)cc(C(C)(C)C)c4)cn3)cc(-c3cccc4c3nc(-c3cc(C(C)(C)C)cc(C(C)(C)C)c3O)n4-c3c(-c4ccccc4)ccc4ccccc34)c2)c(C)c1. The average Bonchev–Trinajstić information content (AvgIpc) is 3.74. The standard InChI is InChI=1S/C71H73N3O/c1-43-32-44(2)63(45(3)33-43)52-35-50(34-51(36-52)61-31-29-48(42-72-61)49-37-53(68(4,5)6)39-54(38-49)69(7,8)9)56-26-21-27-62-64(56)73-67(59-40-55(70(10,11)12)41-60(66(59)75)71(13,14)15)74(62)65-57-25-20-19-24-47(57)28-30-58(65)46-22-17-16-18-23-46/h16-42,75H,1-15H3. The Morgan fingerprint density at radius 3 is 1.68 bits per heavy atom. The van der Waals surface area contributed by atoms with Crippen LogP contribution in [-0.4, -0.2) is 19.6 Å². The molecule has 0 amide bonds. The molecule has 0 radical (unpaired) electrons.